The molecule has 0 aromatic heterocycles. The summed E-state index contributed by atoms with van der Waals surface area (Å²) >= 11 is 9.46. The van der Waals surface area contributed by atoms with E-state index < -0.39 is 10.0 Å². The maximum Gasteiger partial charge on any atom is 0.243 e. The minimum atomic E-state index is -3.59. The van der Waals surface area contributed by atoms with E-state index >= 15 is 0 Å². The second-order valence-electron chi connectivity index (χ2n) is 7.68. The van der Waals surface area contributed by atoms with Gasteiger partial charge in [0.15, 0.2) is 5.75 Å². The highest BCUT2D eigenvalue weighted by Gasteiger charge is 2.32. The molecule has 9 heteroatoms. The Bertz CT molecular complexity index is 1230. The number of sulfonamides is 1. The summed E-state index contributed by atoms with van der Waals surface area (Å²) in [6.45, 7) is 0.554. The average Bonchev–Trinajstić information content (AvgIpc) is 2.82. The Hall–Kier alpha value is -2.39. The second-order valence-corrected chi connectivity index (χ2v) is 11.0. The molecule has 0 radical (unpaired) electrons. The molecule has 1 aliphatic rings. The summed E-state index contributed by atoms with van der Waals surface area (Å²) in [5, 5.41) is 3.38. The summed E-state index contributed by atoms with van der Waals surface area (Å²) in [6.07, 6.45) is 0.855. The maximum atomic E-state index is 13.0. The van der Waals surface area contributed by atoms with Crippen LogP contribution in [0.1, 0.15) is 12.8 Å². The monoisotopic (exact) mass is 548 g/mol. The van der Waals surface area contributed by atoms with Gasteiger partial charge in [0, 0.05) is 28.5 Å². The van der Waals surface area contributed by atoms with Crippen molar-refractivity contribution < 1.29 is 17.9 Å². The lowest BCUT2D eigenvalue weighted by Crippen LogP contribution is -2.41. The normalized spacial score (nSPS) is 15.2. The lowest BCUT2D eigenvalue weighted by molar-refractivity contribution is -0.120. The molecule has 0 spiro atoms. The number of ether oxygens (including phenoxy) is 1. The molecule has 1 saturated heterocycles. The van der Waals surface area contributed by atoms with Gasteiger partial charge in [-0.3, -0.25) is 4.79 Å². The van der Waals surface area contributed by atoms with E-state index in [4.69, 9.17) is 16.3 Å². The molecule has 1 fully saturated rings. The van der Waals surface area contributed by atoms with Gasteiger partial charge in [-0.15, -0.1) is 0 Å². The number of nitrogens with one attached hydrogen (secondary N) is 1. The van der Waals surface area contributed by atoms with Crippen molar-refractivity contribution in [1.29, 1.82) is 0 Å². The molecule has 6 nitrogen and oxygen atoms in total. The number of piperidine rings is 1. The summed E-state index contributed by atoms with van der Waals surface area (Å²) in [6, 6.07) is 20.9. The third-order valence-corrected chi connectivity index (χ3v) is 8.12. The molecular weight excluding hydrogens is 528 g/mol. The van der Waals surface area contributed by atoms with Gasteiger partial charge in [0.1, 0.15) is 5.75 Å². The molecule has 1 amide bonds. The molecule has 0 bridgehead atoms. The van der Waals surface area contributed by atoms with E-state index in [1.807, 2.05) is 30.3 Å². The first-order valence-electron chi connectivity index (χ1n) is 10.4. The quantitative estimate of drug-likeness (QED) is 0.413. The molecule has 0 unspecified atom stereocenters. The van der Waals surface area contributed by atoms with E-state index in [2.05, 4.69) is 21.2 Å². The van der Waals surface area contributed by atoms with Crippen molar-refractivity contribution in [3.05, 3.63) is 82.3 Å². The largest absolute Gasteiger partial charge is 0.455 e. The van der Waals surface area contributed by atoms with E-state index in [1.54, 1.807) is 42.5 Å². The third kappa shape index (κ3) is 5.76. The zero-order valence-corrected chi connectivity index (χ0v) is 20.7. The van der Waals surface area contributed by atoms with Crippen molar-refractivity contribution in [3.8, 4) is 11.5 Å². The number of hydrogen-bond acceptors (Lipinski definition) is 4. The molecule has 1 N–H and O–H groups in total. The zero-order valence-electron chi connectivity index (χ0n) is 17.6. The molecule has 4 rings (SSSR count). The summed E-state index contributed by atoms with van der Waals surface area (Å²) in [5.41, 5.74) is 0.473. The fourth-order valence-electron chi connectivity index (χ4n) is 3.65. The Morgan fingerprint density at radius 1 is 1.00 bits per heavy atom. The first kappa shape index (κ1) is 23.8. The van der Waals surface area contributed by atoms with Crippen molar-refractivity contribution in [2.75, 3.05) is 18.4 Å². The smallest absolute Gasteiger partial charge is 0.243 e. The van der Waals surface area contributed by atoms with E-state index in [0.717, 1.165) is 4.47 Å². The summed E-state index contributed by atoms with van der Waals surface area (Å²) in [7, 11) is -3.59. The Morgan fingerprint density at radius 2 is 1.67 bits per heavy atom. The number of carbonyl (C=O) groups is 1. The SMILES string of the molecule is O=C(Nc1cc(Cl)ccc1Oc1ccccc1)C1CCN(S(=O)(=O)c2ccc(Br)cc2)CC1. The van der Waals surface area contributed by atoms with Crippen molar-refractivity contribution in [3.63, 3.8) is 0 Å². The van der Waals surface area contributed by atoms with Crippen LogP contribution in [0.25, 0.3) is 0 Å². The molecule has 3 aromatic carbocycles. The number of para-hydroxylation sites is 1. The number of nitrogens with zero attached hydrogens (tertiary/aromatic N) is 1. The van der Waals surface area contributed by atoms with Gasteiger partial charge < -0.3 is 10.1 Å². The van der Waals surface area contributed by atoms with Gasteiger partial charge in [-0.05, 0) is 67.4 Å². The number of hydrogen-bond donors (Lipinski definition) is 1. The second kappa shape index (κ2) is 10.3. The standard InChI is InChI=1S/C24H22BrClN2O4S/c25-18-6-9-21(10-7-18)33(30,31)28-14-12-17(13-15-28)24(29)27-22-16-19(26)8-11-23(22)32-20-4-2-1-3-5-20/h1-11,16-17H,12-15H2,(H,27,29). The van der Waals surface area contributed by atoms with E-state index in [1.165, 1.54) is 4.31 Å². The highest BCUT2D eigenvalue weighted by Crippen LogP contribution is 2.33. The fraction of sp³-hybridized carbons (Fsp3) is 0.208. The highest BCUT2D eigenvalue weighted by atomic mass is 79.9. The van der Waals surface area contributed by atoms with Gasteiger partial charge in [-0.25, -0.2) is 8.42 Å². The molecule has 1 aliphatic heterocycles. The fourth-order valence-corrected chi connectivity index (χ4v) is 5.56. The molecule has 172 valence electrons. The first-order chi connectivity index (χ1) is 15.8. The molecular formula is C24H22BrClN2O4S. The van der Waals surface area contributed by atoms with E-state index in [0.29, 0.717) is 35.1 Å². The van der Waals surface area contributed by atoms with Gasteiger partial charge >= 0.3 is 0 Å². The molecule has 3 aromatic rings. The lowest BCUT2D eigenvalue weighted by Gasteiger charge is -2.30. The van der Waals surface area contributed by atoms with Crippen LogP contribution in [0.4, 0.5) is 5.69 Å². The summed E-state index contributed by atoms with van der Waals surface area (Å²) in [4.78, 5) is 13.2. The number of amides is 1. The van der Waals surface area contributed by atoms with Gasteiger partial charge in [0.2, 0.25) is 15.9 Å². The third-order valence-electron chi connectivity index (χ3n) is 5.45. The highest BCUT2D eigenvalue weighted by molar-refractivity contribution is 9.10. The Labute approximate surface area is 206 Å². The Morgan fingerprint density at radius 3 is 2.33 bits per heavy atom. The lowest BCUT2D eigenvalue weighted by atomic mass is 9.97. The van der Waals surface area contributed by atoms with Crippen molar-refractivity contribution in [2.45, 2.75) is 17.7 Å². The molecule has 0 aliphatic carbocycles. The van der Waals surface area contributed by atoms with Crippen molar-refractivity contribution >= 4 is 49.1 Å². The number of carbonyl (C=O) groups excluding carboxylic acids is 1. The van der Waals surface area contributed by atoms with Crippen LogP contribution in [0.2, 0.25) is 5.02 Å². The molecule has 1 heterocycles. The Kier molecular flexibility index (Phi) is 7.38. The van der Waals surface area contributed by atoms with Crippen LogP contribution in [0.5, 0.6) is 11.5 Å². The van der Waals surface area contributed by atoms with Crippen LogP contribution >= 0.6 is 27.5 Å². The topological polar surface area (TPSA) is 75.7 Å². The predicted octanol–water partition coefficient (Wildman–Crippen LogP) is 5.93. The number of anilines is 1. The number of benzene rings is 3. The number of rotatable bonds is 6. The van der Waals surface area contributed by atoms with Gasteiger partial charge in [0.05, 0.1) is 10.6 Å². The van der Waals surface area contributed by atoms with Crippen LogP contribution < -0.4 is 10.1 Å². The summed E-state index contributed by atoms with van der Waals surface area (Å²) < 4.78 is 34.0. The van der Waals surface area contributed by atoms with Crippen LogP contribution in [0.3, 0.4) is 0 Å². The van der Waals surface area contributed by atoms with Crippen LogP contribution in [0, 0.1) is 5.92 Å². The van der Waals surface area contributed by atoms with Crippen molar-refractivity contribution in [1.82, 2.24) is 4.31 Å². The Balaban J connectivity index is 1.41. The summed E-state index contributed by atoms with van der Waals surface area (Å²) in [5.74, 6) is 0.622. The molecule has 0 saturated carbocycles. The molecule has 0 atom stereocenters. The van der Waals surface area contributed by atoms with Crippen molar-refractivity contribution in [2.24, 2.45) is 5.92 Å². The van der Waals surface area contributed by atoms with E-state index in [-0.39, 0.29) is 29.8 Å². The van der Waals surface area contributed by atoms with E-state index in [9.17, 15) is 13.2 Å². The predicted molar refractivity (Wildman–Crippen MR) is 132 cm³/mol. The van der Waals surface area contributed by atoms with Gasteiger partial charge in [-0.2, -0.15) is 4.31 Å². The van der Waals surface area contributed by atoms with Gasteiger partial charge in [0.25, 0.3) is 0 Å². The molecule has 33 heavy (non-hydrogen) atoms. The average molecular weight is 550 g/mol. The number of halogens is 2. The first-order valence-corrected chi connectivity index (χ1v) is 13.0. The van der Waals surface area contributed by atoms with Crippen LogP contribution in [-0.4, -0.2) is 31.7 Å². The minimum absolute atomic E-state index is 0.184. The van der Waals surface area contributed by atoms with Gasteiger partial charge in [-0.1, -0.05) is 45.7 Å². The van der Waals surface area contributed by atoms with Crippen LogP contribution in [-0.2, 0) is 14.8 Å². The minimum Gasteiger partial charge on any atom is -0.455 e. The van der Waals surface area contributed by atoms with Crippen LogP contribution in [0.15, 0.2) is 82.2 Å². The maximum absolute atomic E-state index is 13.0. The zero-order chi connectivity index (χ0) is 23.4.